The predicted octanol–water partition coefficient (Wildman–Crippen LogP) is 3.60. The number of nitrogens with zero attached hydrogens (tertiary/aromatic N) is 1. The molecule has 0 aliphatic carbocycles. The third-order valence-electron chi connectivity index (χ3n) is 3.47. The van der Waals surface area contributed by atoms with Crippen LogP contribution in [0.15, 0.2) is 12.1 Å². The van der Waals surface area contributed by atoms with Gasteiger partial charge in [0.25, 0.3) is 0 Å². The molecule has 1 rings (SSSR count). The number of anilines is 1. The lowest BCUT2D eigenvalue weighted by Crippen LogP contribution is -2.42. The van der Waals surface area contributed by atoms with E-state index in [1.807, 2.05) is 32.9 Å². The number of nitrogens with two attached hydrogens (primary N) is 1. The fourth-order valence-corrected chi connectivity index (χ4v) is 2.43. The molecule has 0 aromatic heterocycles. The average Bonchev–Trinajstić information content (AvgIpc) is 2.42. The van der Waals surface area contributed by atoms with E-state index in [1.165, 1.54) is 0 Å². The summed E-state index contributed by atoms with van der Waals surface area (Å²) >= 11 is 0. The van der Waals surface area contributed by atoms with Gasteiger partial charge in [0, 0.05) is 12.2 Å². The number of benzene rings is 1. The predicted molar refractivity (Wildman–Crippen MR) is 95.2 cm³/mol. The van der Waals surface area contributed by atoms with Gasteiger partial charge in [0.2, 0.25) is 5.91 Å². The summed E-state index contributed by atoms with van der Waals surface area (Å²) in [6.07, 6.45) is 2.16. The zero-order valence-corrected chi connectivity index (χ0v) is 15.1. The highest BCUT2D eigenvalue weighted by atomic mass is 35.5. The van der Waals surface area contributed by atoms with Crippen molar-refractivity contribution >= 4 is 24.0 Å². The Kier molecular flexibility index (Phi) is 9.14. The molecule has 0 fully saturated rings. The number of hydrogen-bond donors (Lipinski definition) is 1. The molecule has 0 saturated heterocycles. The number of ether oxygens (including phenoxy) is 1. The number of carbonyl (C=O) groups excluding carboxylic acids is 1. The van der Waals surface area contributed by atoms with Crippen molar-refractivity contribution in [3.8, 4) is 5.75 Å². The Balaban J connectivity index is 0.00000441. The molecule has 2 N–H and O–H groups in total. The molecule has 5 heteroatoms. The highest BCUT2D eigenvalue weighted by Gasteiger charge is 2.21. The molecule has 0 aliphatic rings. The molecule has 0 spiro atoms. The van der Waals surface area contributed by atoms with E-state index in [1.54, 1.807) is 11.8 Å². The van der Waals surface area contributed by atoms with Gasteiger partial charge >= 0.3 is 0 Å². The van der Waals surface area contributed by atoms with Crippen LogP contribution in [0.1, 0.15) is 44.7 Å². The monoisotopic (exact) mass is 328 g/mol. The number of likely N-dealkylation sites (N-methyl/N-ethyl adjacent to an activating group) is 1. The molecule has 126 valence electrons. The van der Waals surface area contributed by atoms with Crippen molar-refractivity contribution in [2.75, 3.05) is 18.1 Å². The van der Waals surface area contributed by atoms with Crippen molar-refractivity contribution < 1.29 is 9.53 Å². The number of halogens is 1. The molecule has 0 bridgehead atoms. The van der Waals surface area contributed by atoms with Crippen LogP contribution in [-0.4, -0.2) is 25.1 Å². The molecule has 1 aromatic carbocycles. The Morgan fingerprint density at radius 2 is 1.82 bits per heavy atom. The van der Waals surface area contributed by atoms with E-state index in [-0.39, 0.29) is 18.3 Å². The smallest absolute Gasteiger partial charge is 0.243 e. The van der Waals surface area contributed by atoms with Crippen molar-refractivity contribution in [3.63, 3.8) is 0 Å². The quantitative estimate of drug-likeness (QED) is 0.778. The molecule has 0 aliphatic heterocycles. The summed E-state index contributed by atoms with van der Waals surface area (Å²) in [5.74, 6) is 0.815. The molecule has 1 atom stereocenters. The van der Waals surface area contributed by atoms with Gasteiger partial charge in [0.05, 0.1) is 12.6 Å². The van der Waals surface area contributed by atoms with Crippen LogP contribution in [0.5, 0.6) is 5.75 Å². The number of rotatable bonds is 7. The molecule has 0 saturated carbocycles. The first-order valence-electron chi connectivity index (χ1n) is 7.73. The summed E-state index contributed by atoms with van der Waals surface area (Å²) < 4.78 is 5.76. The lowest BCUT2D eigenvalue weighted by atomic mass is 10.1. The third kappa shape index (κ3) is 5.18. The largest absolute Gasteiger partial charge is 0.494 e. The summed E-state index contributed by atoms with van der Waals surface area (Å²) in [6.45, 7) is 11.2. The Morgan fingerprint density at radius 3 is 2.23 bits per heavy atom. The van der Waals surface area contributed by atoms with Crippen molar-refractivity contribution in [1.82, 2.24) is 0 Å². The van der Waals surface area contributed by atoms with E-state index < -0.39 is 6.04 Å². The second-order valence-corrected chi connectivity index (χ2v) is 5.48. The van der Waals surface area contributed by atoms with Gasteiger partial charge in [-0.2, -0.15) is 0 Å². The van der Waals surface area contributed by atoms with E-state index in [9.17, 15) is 4.79 Å². The maximum absolute atomic E-state index is 12.2. The minimum absolute atomic E-state index is 0. The van der Waals surface area contributed by atoms with Gasteiger partial charge in [-0.15, -0.1) is 12.4 Å². The van der Waals surface area contributed by atoms with Gasteiger partial charge in [-0.05, 0) is 57.4 Å². The van der Waals surface area contributed by atoms with Gasteiger partial charge in [-0.3, -0.25) is 4.79 Å². The maximum atomic E-state index is 12.2. The minimum atomic E-state index is -0.496. The van der Waals surface area contributed by atoms with Crippen LogP contribution in [0.3, 0.4) is 0 Å². The van der Waals surface area contributed by atoms with Crippen molar-refractivity contribution in [2.24, 2.45) is 5.73 Å². The summed E-state index contributed by atoms with van der Waals surface area (Å²) in [5, 5.41) is 0. The van der Waals surface area contributed by atoms with E-state index in [0.717, 1.165) is 42.0 Å². The van der Waals surface area contributed by atoms with Gasteiger partial charge in [-0.1, -0.05) is 13.3 Å². The molecule has 0 heterocycles. The van der Waals surface area contributed by atoms with Crippen molar-refractivity contribution in [2.45, 2.75) is 53.5 Å². The third-order valence-corrected chi connectivity index (χ3v) is 3.47. The van der Waals surface area contributed by atoms with Crippen LogP contribution in [0.4, 0.5) is 5.69 Å². The zero-order valence-electron chi connectivity index (χ0n) is 14.3. The van der Waals surface area contributed by atoms with Crippen LogP contribution in [0, 0.1) is 13.8 Å². The first-order valence-corrected chi connectivity index (χ1v) is 7.73. The Bertz CT molecular complexity index is 467. The summed E-state index contributed by atoms with van der Waals surface area (Å²) in [6, 6.07) is 3.49. The van der Waals surface area contributed by atoms with Gasteiger partial charge < -0.3 is 15.4 Å². The zero-order chi connectivity index (χ0) is 16.0. The lowest BCUT2D eigenvalue weighted by Gasteiger charge is -2.27. The van der Waals surface area contributed by atoms with E-state index in [2.05, 4.69) is 6.92 Å². The highest BCUT2D eigenvalue weighted by molar-refractivity contribution is 5.98. The van der Waals surface area contributed by atoms with Gasteiger partial charge in [0.1, 0.15) is 5.75 Å². The number of unbranched alkanes of at least 4 members (excludes halogenated alkanes) is 1. The Labute approximate surface area is 140 Å². The first kappa shape index (κ1) is 20.7. The Morgan fingerprint density at radius 1 is 1.27 bits per heavy atom. The maximum Gasteiger partial charge on any atom is 0.243 e. The fourth-order valence-electron chi connectivity index (χ4n) is 2.43. The van der Waals surface area contributed by atoms with E-state index in [4.69, 9.17) is 10.5 Å². The molecule has 4 nitrogen and oxygen atoms in total. The summed E-state index contributed by atoms with van der Waals surface area (Å²) in [5.41, 5.74) is 8.77. The molecular weight excluding hydrogens is 300 g/mol. The Hall–Kier alpha value is -1.26. The van der Waals surface area contributed by atoms with E-state index >= 15 is 0 Å². The van der Waals surface area contributed by atoms with Crippen LogP contribution in [0.25, 0.3) is 0 Å². The van der Waals surface area contributed by atoms with Gasteiger partial charge in [-0.25, -0.2) is 0 Å². The van der Waals surface area contributed by atoms with Crippen LogP contribution < -0.4 is 15.4 Å². The van der Waals surface area contributed by atoms with E-state index in [0.29, 0.717) is 6.54 Å². The normalized spacial score (nSPS) is 11.5. The molecule has 0 radical (unpaired) electrons. The molecule has 22 heavy (non-hydrogen) atoms. The SMILES string of the molecule is CCCCOc1cc(C)c(N(CC)C(=O)C(C)N)c(C)c1.Cl. The standard InChI is InChI=1S/C17H28N2O2.ClH/c1-6-8-9-21-15-10-12(3)16(13(4)11-15)19(7-2)17(20)14(5)18;/h10-11,14H,6-9,18H2,1-5H3;1H. The lowest BCUT2D eigenvalue weighted by molar-refractivity contribution is -0.119. The number of carbonyl (C=O) groups is 1. The number of amides is 1. The van der Waals surface area contributed by atoms with Crippen LogP contribution in [0.2, 0.25) is 0 Å². The second-order valence-electron chi connectivity index (χ2n) is 5.48. The minimum Gasteiger partial charge on any atom is -0.494 e. The highest BCUT2D eigenvalue weighted by Crippen LogP contribution is 2.30. The van der Waals surface area contributed by atoms with Gasteiger partial charge in [0.15, 0.2) is 0 Å². The summed E-state index contributed by atoms with van der Waals surface area (Å²) in [7, 11) is 0. The van der Waals surface area contributed by atoms with Crippen molar-refractivity contribution in [1.29, 1.82) is 0 Å². The molecule has 1 unspecified atom stereocenters. The summed E-state index contributed by atoms with van der Waals surface area (Å²) in [4.78, 5) is 14.0. The number of hydrogen-bond acceptors (Lipinski definition) is 3. The van der Waals surface area contributed by atoms with Crippen LogP contribution in [-0.2, 0) is 4.79 Å². The first-order chi connectivity index (χ1) is 9.92. The average molecular weight is 329 g/mol. The molecule has 1 amide bonds. The topological polar surface area (TPSA) is 55.6 Å². The van der Waals surface area contributed by atoms with Crippen LogP contribution >= 0.6 is 12.4 Å². The fraction of sp³-hybridized carbons (Fsp3) is 0.588. The van der Waals surface area contributed by atoms with Crippen molar-refractivity contribution in [3.05, 3.63) is 23.3 Å². The molecular formula is C17H29ClN2O2. The number of aryl methyl sites for hydroxylation is 2. The molecule has 1 aromatic rings. The second kappa shape index (κ2) is 9.70.